The summed E-state index contributed by atoms with van der Waals surface area (Å²) in [5.74, 6) is 0.773. The van der Waals surface area contributed by atoms with Crippen LogP contribution in [0.4, 0.5) is 10.2 Å². The van der Waals surface area contributed by atoms with E-state index in [1.54, 1.807) is 13.1 Å². The van der Waals surface area contributed by atoms with E-state index < -0.39 is 0 Å². The van der Waals surface area contributed by atoms with Crippen molar-refractivity contribution < 1.29 is 4.39 Å². The standard InChI is InChI=1S/C15H16BrFN2/c1-10-6-12(4-5-14(10)17)9-19(3)15-11(2)7-13(16)8-18-15/h4-8H,9H2,1-3H3. The van der Waals surface area contributed by atoms with Crippen LogP contribution in [0.1, 0.15) is 16.7 Å². The zero-order valence-corrected chi connectivity index (χ0v) is 12.8. The molecule has 0 atom stereocenters. The van der Waals surface area contributed by atoms with E-state index in [0.29, 0.717) is 12.1 Å². The van der Waals surface area contributed by atoms with Gasteiger partial charge >= 0.3 is 0 Å². The fraction of sp³-hybridized carbons (Fsp3) is 0.267. The van der Waals surface area contributed by atoms with Crippen molar-refractivity contribution in [2.45, 2.75) is 20.4 Å². The molecule has 0 radical (unpaired) electrons. The van der Waals surface area contributed by atoms with Crippen LogP contribution in [0.25, 0.3) is 0 Å². The summed E-state index contributed by atoms with van der Waals surface area (Å²) >= 11 is 3.41. The number of aryl methyl sites for hydroxylation is 2. The maximum absolute atomic E-state index is 13.2. The Labute approximate surface area is 121 Å². The summed E-state index contributed by atoms with van der Waals surface area (Å²) in [5, 5.41) is 0. The number of halogens is 2. The first-order valence-electron chi connectivity index (χ1n) is 6.05. The van der Waals surface area contributed by atoms with E-state index in [4.69, 9.17) is 0 Å². The minimum Gasteiger partial charge on any atom is -0.355 e. The van der Waals surface area contributed by atoms with Gasteiger partial charge in [-0.3, -0.25) is 0 Å². The van der Waals surface area contributed by atoms with Crippen molar-refractivity contribution in [3.8, 4) is 0 Å². The molecule has 0 amide bonds. The predicted molar refractivity (Wildman–Crippen MR) is 79.9 cm³/mol. The summed E-state index contributed by atoms with van der Waals surface area (Å²) in [6, 6.07) is 7.24. The molecule has 0 spiro atoms. The lowest BCUT2D eigenvalue weighted by Gasteiger charge is -2.20. The molecule has 0 aliphatic heterocycles. The number of hydrogen-bond acceptors (Lipinski definition) is 2. The van der Waals surface area contributed by atoms with E-state index in [9.17, 15) is 4.39 Å². The number of rotatable bonds is 3. The Kier molecular flexibility index (Phi) is 4.20. The minimum absolute atomic E-state index is 0.163. The Morgan fingerprint density at radius 1 is 1.21 bits per heavy atom. The Balaban J connectivity index is 2.20. The largest absolute Gasteiger partial charge is 0.355 e. The number of benzene rings is 1. The van der Waals surface area contributed by atoms with Gasteiger partial charge in [-0.15, -0.1) is 0 Å². The van der Waals surface area contributed by atoms with Gasteiger partial charge < -0.3 is 4.90 Å². The smallest absolute Gasteiger partial charge is 0.131 e. The monoisotopic (exact) mass is 322 g/mol. The topological polar surface area (TPSA) is 16.1 Å². The van der Waals surface area contributed by atoms with E-state index in [0.717, 1.165) is 21.4 Å². The minimum atomic E-state index is -0.163. The van der Waals surface area contributed by atoms with Crippen molar-refractivity contribution in [1.29, 1.82) is 0 Å². The fourth-order valence-corrected chi connectivity index (χ4v) is 2.53. The summed E-state index contributed by atoms with van der Waals surface area (Å²) in [7, 11) is 1.99. The van der Waals surface area contributed by atoms with Crippen LogP contribution in [-0.2, 0) is 6.54 Å². The normalized spacial score (nSPS) is 10.6. The molecule has 0 unspecified atom stereocenters. The third-order valence-corrected chi connectivity index (χ3v) is 3.45. The highest BCUT2D eigenvalue weighted by molar-refractivity contribution is 9.10. The van der Waals surface area contributed by atoms with E-state index >= 15 is 0 Å². The van der Waals surface area contributed by atoms with Gasteiger partial charge in [-0.2, -0.15) is 0 Å². The molecule has 4 heteroatoms. The molecule has 0 saturated heterocycles. The molecule has 1 heterocycles. The highest BCUT2D eigenvalue weighted by atomic mass is 79.9. The quantitative estimate of drug-likeness (QED) is 0.840. The van der Waals surface area contributed by atoms with Crippen molar-refractivity contribution in [2.75, 3.05) is 11.9 Å². The van der Waals surface area contributed by atoms with Crippen LogP contribution in [0.2, 0.25) is 0 Å². The van der Waals surface area contributed by atoms with Crippen molar-refractivity contribution in [3.63, 3.8) is 0 Å². The Morgan fingerprint density at radius 3 is 2.58 bits per heavy atom. The zero-order valence-electron chi connectivity index (χ0n) is 11.2. The highest BCUT2D eigenvalue weighted by Crippen LogP contribution is 2.21. The first-order chi connectivity index (χ1) is 8.97. The van der Waals surface area contributed by atoms with E-state index in [-0.39, 0.29) is 5.82 Å². The van der Waals surface area contributed by atoms with E-state index in [2.05, 4.69) is 25.8 Å². The summed E-state index contributed by atoms with van der Waals surface area (Å²) < 4.78 is 14.2. The summed E-state index contributed by atoms with van der Waals surface area (Å²) in [4.78, 5) is 6.48. The van der Waals surface area contributed by atoms with Crippen molar-refractivity contribution >= 4 is 21.7 Å². The van der Waals surface area contributed by atoms with E-state index in [1.807, 2.05) is 32.2 Å². The van der Waals surface area contributed by atoms with Gasteiger partial charge in [-0.05, 0) is 58.6 Å². The SMILES string of the molecule is Cc1cc(CN(C)c2ncc(Br)cc2C)ccc1F. The third-order valence-electron chi connectivity index (χ3n) is 3.02. The van der Waals surface area contributed by atoms with Gasteiger partial charge in [0.15, 0.2) is 0 Å². The molecule has 0 saturated carbocycles. The summed E-state index contributed by atoms with van der Waals surface area (Å²) in [6.07, 6.45) is 1.79. The average molecular weight is 323 g/mol. The molecule has 1 aromatic carbocycles. The van der Waals surface area contributed by atoms with Crippen LogP contribution >= 0.6 is 15.9 Å². The Bertz CT molecular complexity index is 599. The van der Waals surface area contributed by atoms with Crippen LogP contribution in [-0.4, -0.2) is 12.0 Å². The predicted octanol–water partition coefficient (Wildman–Crippen LogP) is 4.24. The van der Waals surface area contributed by atoms with Crippen molar-refractivity contribution in [3.05, 3.63) is 57.4 Å². The third kappa shape index (κ3) is 3.32. The number of aromatic nitrogens is 1. The van der Waals surface area contributed by atoms with Crippen LogP contribution in [0, 0.1) is 19.7 Å². The maximum Gasteiger partial charge on any atom is 0.131 e. The summed E-state index contributed by atoms with van der Waals surface area (Å²) in [5.41, 5.74) is 2.85. The molecular weight excluding hydrogens is 307 g/mol. The number of pyridine rings is 1. The van der Waals surface area contributed by atoms with Crippen molar-refractivity contribution in [2.24, 2.45) is 0 Å². The van der Waals surface area contributed by atoms with Gasteiger partial charge in [0.25, 0.3) is 0 Å². The van der Waals surface area contributed by atoms with Crippen LogP contribution < -0.4 is 4.90 Å². The lowest BCUT2D eigenvalue weighted by atomic mass is 10.1. The number of hydrogen-bond donors (Lipinski definition) is 0. The lowest BCUT2D eigenvalue weighted by Crippen LogP contribution is -2.18. The molecule has 19 heavy (non-hydrogen) atoms. The molecule has 0 aliphatic rings. The van der Waals surface area contributed by atoms with E-state index in [1.165, 1.54) is 6.07 Å². The van der Waals surface area contributed by atoms with Gasteiger partial charge in [-0.25, -0.2) is 9.37 Å². The molecule has 0 bridgehead atoms. The maximum atomic E-state index is 13.2. The second kappa shape index (κ2) is 5.70. The fourth-order valence-electron chi connectivity index (χ4n) is 2.09. The number of nitrogens with zero attached hydrogens (tertiary/aromatic N) is 2. The van der Waals surface area contributed by atoms with Crippen LogP contribution in [0.5, 0.6) is 0 Å². The van der Waals surface area contributed by atoms with Gasteiger partial charge in [0.05, 0.1) is 0 Å². The number of anilines is 1. The second-order valence-corrected chi connectivity index (χ2v) is 5.65. The zero-order chi connectivity index (χ0) is 14.0. The van der Waals surface area contributed by atoms with Gasteiger partial charge in [0, 0.05) is 24.3 Å². The molecule has 2 rings (SSSR count). The van der Waals surface area contributed by atoms with Crippen LogP contribution in [0.3, 0.4) is 0 Å². The average Bonchev–Trinajstić information content (AvgIpc) is 2.33. The second-order valence-electron chi connectivity index (χ2n) is 4.73. The molecular formula is C15H16BrFN2. The molecule has 0 fully saturated rings. The van der Waals surface area contributed by atoms with Crippen molar-refractivity contribution in [1.82, 2.24) is 4.98 Å². The molecule has 100 valence electrons. The molecule has 1 aromatic heterocycles. The summed E-state index contributed by atoms with van der Waals surface area (Å²) in [6.45, 7) is 4.51. The Hall–Kier alpha value is -1.42. The van der Waals surface area contributed by atoms with Gasteiger partial charge in [0.1, 0.15) is 11.6 Å². The highest BCUT2D eigenvalue weighted by Gasteiger charge is 2.08. The van der Waals surface area contributed by atoms with Gasteiger partial charge in [0.2, 0.25) is 0 Å². The van der Waals surface area contributed by atoms with Crippen LogP contribution in [0.15, 0.2) is 34.9 Å². The molecule has 2 aromatic rings. The first kappa shape index (κ1) is 14.0. The Morgan fingerprint density at radius 2 is 1.95 bits per heavy atom. The molecule has 0 N–H and O–H groups in total. The lowest BCUT2D eigenvalue weighted by molar-refractivity contribution is 0.617. The molecule has 0 aliphatic carbocycles. The molecule has 2 nitrogen and oxygen atoms in total. The first-order valence-corrected chi connectivity index (χ1v) is 6.85. The van der Waals surface area contributed by atoms with Gasteiger partial charge in [-0.1, -0.05) is 12.1 Å².